The number of thiocarbonyl (C=S) groups is 1. The molecule has 2 N–H and O–H groups in total. The molecule has 0 saturated carbocycles. The molecular weight excluding hydrogens is 344 g/mol. The van der Waals surface area contributed by atoms with Crippen LogP contribution in [0.25, 0.3) is 0 Å². The maximum absolute atomic E-state index is 12.2. The fraction of sp³-hybridized carbons (Fsp3) is 0.125. The number of sulfonamides is 1. The maximum Gasteiger partial charge on any atom is 0.242 e. The first-order valence-electron chi connectivity index (χ1n) is 6.93. The van der Waals surface area contributed by atoms with Gasteiger partial charge in [-0.15, -0.1) is 0 Å². The highest BCUT2D eigenvalue weighted by Gasteiger charge is 2.17. The van der Waals surface area contributed by atoms with Gasteiger partial charge < -0.3 is 10.6 Å². The van der Waals surface area contributed by atoms with Crippen molar-refractivity contribution in [1.82, 2.24) is 4.31 Å². The van der Waals surface area contributed by atoms with Crippen molar-refractivity contribution in [3.8, 4) is 6.07 Å². The van der Waals surface area contributed by atoms with E-state index in [0.717, 1.165) is 4.31 Å². The first-order valence-corrected chi connectivity index (χ1v) is 8.78. The molecule has 0 aliphatic carbocycles. The second-order valence-electron chi connectivity index (χ2n) is 5.09. The Labute approximate surface area is 146 Å². The quantitative estimate of drug-likeness (QED) is 0.815. The van der Waals surface area contributed by atoms with Gasteiger partial charge in [0, 0.05) is 25.5 Å². The first-order chi connectivity index (χ1) is 11.3. The van der Waals surface area contributed by atoms with E-state index in [1.54, 1.807) is 36.4 Å². The van der Waals surface area contributed by atoms with Crippen molar-refractivity contribution in [2.24, 2.45) is 0 Å². The molecule has 2 aromatic rings. The minimum absolute atomic E-state index is 0.173. The summed E-state index contributed by atoms with van der Waals surface area (Å²) >= 11 is 5.22. The van der Waals surface area contributed by atoms with Crippen molar-refractivity contribution in [1.29, 1.82) is 5.26 Å². The summed E-state index contributed by atoms with van der Waals surface area (Å²) in [5, 5.41) is 15.1. The molecule has 6 nitrogen and oxygen atoms in total. The van der Waals surface area contributed by atoms with Gasteiger partial charge in [0.05, 0.1) is 16.5 Å². The van der Waals surface area contributed by atoms with E-state index in [4.69, 9.17) is 17.5 Å². The molecule has 0 radical (unpaired) electrons. The van der Waals surface area contributed by atoms with Crippen molar-refractivity contribution in [3.05, 3.63) is 54.1 Å². The fourth-order valence-corrected chi connectivity index (χ4v) is 3.09. The average molecular weight is 360 g/mol. The van der Waals surface area contributed by atoms with E-state index in [1.807, 2.05) is 6.07 Å². The number of nitrogens with one attached hydrogen (secondary N) is 2. The van der Waals surface area contributed by atoms with Crippen LogP contribution in [0.3, 0.4) is 0 Å². The fourth-order valence-electron chi connectivity index (χ4n) is 1.91. The second-order valence-corrected chi connectivity index (χ2v) is 7.65. The second kappa shape index (κ2) is 7.40. The molecule has 0 saturated heterocycles. The topological polar surface area (TPSA) is 85.2 Å². The van der Waals surface area contributed by atoms with Crippen LogP contribution in [0.4, 0.5) is 11.4 Å². The van der Waals surface area contributed by atoms with Gasteiger partial charge in [-0.05, 0) is 48.6 Å². The SMILES string of the molecule is CN(C)S(=O)(=O)c1cccc(NC(=S)Nc2cccc(C#N)c2)c1. The number of rotatable bonds is 4. The van der Waals surface area contributed by atoms with Gasteiger partial charge in [-0.3, -0.25) is 0 Å². The summed E-state index contributed by atoms with van der Waals surface area (Å²) in [7, 11) is -0.557. The summed E-state index contributed by atoms with van der Waals surface area (Å²) in [6, 6.07) is 15.3. The van der Waals surface area contributed by atoms with E-state index in [-0.39, 0.29) is 4.90 Å². The molecule has 0 aliphatic rings. The number of hydrogen-bond donors (Lipinski definition) is 2. The summed E-state index contributed by atoms with van der Waals surface area (Å²) in [5.74, 6) is 0. The van der Waals surface area contributed by atoms with E-state index >= 15 is 0 Å². The largest absolute Gasteiger partial charge is 0.332 e. The lowest BCUT2D eigenvalue weighted by atomic mass is 10.2. The summed E-state index contributed by atoms with van der Waals surface area (Å²) in [5.41, 5.74) is 1.73. The Kier molecular flexibility index (Phi) is 5.51. The van der Waals surface area contributed by atoms with Crippen LogP contribution >= 0.6 is 12.2 Å². The average Bonchev–Trinajstić information content (AvgIpc) is 2.55. The standard InChI is InChI=1S/C16H16N4O2S2/c1-20(2)24(21,22)15-8-4-7-14(10-15)19-16(23)18-13-6-3-5-12(9-13)11-17/h3-10H,1-2H3,(H2,18,19,23). The Morgan fingerprint density at radius 3 is 2.25 bits per heavy atom. The maximum atomic E-state index is 12.2. The summed E-state index contributed by atoms with van der Waals surface area (Å²) in [6.07, 6.45) is 0. The minimum atomic E-state index is -3.51. The van der Waals surface area contributed by atoms with Gasteiger partial charge in [0.1, 0.15) is 0 Å². The highest BCUT2D eigenvalue weighted by molar-refractivity contribution is 7.89. The molecule has 2 aromatic carbocycles. The smallest absolute Gasteiger partial charge is 0.242 e. The normalized spacial score (nSPS) is 10.9. The lowest BCUT2D eigenvalue weighted by Gasteiger charge is -2.14. The molecule has 8 heteroatoms. The molecule has 0 heterocycles. The molecule has 0 unspecified atom stereocenters. The molecule has 24 heavy (non-hydrogen) atoms. The van der Waals surface area contributed by atoms with Gasteiger partial charge in [0.15, 0.2) is 5.11 Å². The third-order valence-corrected chi connectivity index (χ3v) is 5.14. The molecule has 0 bridgehead atoms. The van der Waals surface area contributed by atoms with Gasteiger partial charge in [-0.2, -0.15) is 5.26 Å². The van der Waals surface area contributed by atoms with Gasteiger partial charge in [-0.1, -0.05) is 12.1 Å². The Morgan fingerprint density at radius 1 is 1.08 bits per heavy atom. The Morgan fingerprint density at radius 2 is 1.67 bits per heavy atom. The zero-order valence-electron chi connectivity index (χ0n) is 13.1. The third-order valence-electron chi connectivity index (χ3n) is 3.12. The van der Waals surface area contributed by atoms with E-state index in [0.29, 0.717) is 22.1 Å². The Balaban J connectivity index is 2.14. The molecule has 124 valence electrons. The van der Waals surface area contributed by atoms with Crippen LogP contribution in [-0.2, 0) is 10.0 Å². The van der Waals surface area contributed by atoms with Crippen molar-refractivity contribution in [2.45, 2.75) is 4.90 Å². The summed E-state index contributed by atoms with van der Waals surface area (Å²) < 4.78 is 25.5. The van der Waals surface area contributed by atoms with Crippen LogP contribution in [0, 0.1) is 11.3 Å². The van der Waals surface area contributed by atoms with Crippen LogP contribution in [0.2, 0.25) is 0 Å². The van der Waals surface area contributed by atoms with Crippen molar-refractivity contribution >= 4 is 38.7 Å². The highest BCUT2D eigenvalue weighted by atomic mass is 32.2. The molecule has 0 atom stereocenters. The van der Waals surface area contributed by atoms with Crippen LogP contribution in [0.1, 0.15) is 5.56 Å². The van der Waals surface area contributed by atoms with Gasteiger partial charge in [0.2, 0.25) is 10.0 Å². The van der Waals surface area contributed by atoms with Crippen LogP contribution in [-0.4, -0.2) is 31.9 Å². The monoisotopic (exact) mass is 360 g/mol. The van der Waals surface area contributed by atoms with Gasteiger partial charge in [0.25, 0.3) is 0 Å². The van der Waals surface area contributed by atoms with Gasteiger partial charge in [-0.25, -0.2) is 12.7 Å². The van der Waals surface area contributed by atoms with E-state index in [2.05, 4.69) is 10.6 Å². The summed E-state index contributed by atoms with van der Waals surface area (Å²) in [4.78, 5) is 0.173. The summed E-state index contributed by atoms with van der Waals surface area (Å²) in [6.45, 7) is 0. The predicted molar refractivity (Wildman–Crippen MR) is 98.3 cm³/mol. The molecule has 2 rings (SSSR count). The Bertz CT molecular complexity index is 902. The third kappa shape index (κ3) is 4.29. The molecular formula is C16H16N4O2S2. The van der Waals surface area contributed by atoms with E-state index < -0.39 is 10.0 Å². The van der Waals surface area contributed by atoms with Crippen LogP contribution in [0.5, 0.6) is 0 Å². The van der Waals surface area contributed by atoms with E-state index in [9.17, 15) is 8.42 Å². The number of hydrogen-bond acceptors (Lipinski definition) is 4. The van der Waals surface area contributed by atoms with Crippen LogP contribution < -0.4 is 10.6 Å². The molecule has 0 aromatic heterocycles. The number of anilines is 2. The molecule has 0 fully saturated rings. The zero-order chi connectivity index (χ0) is 17.7. The predicted octanol–water partition coefficient (Wildman–Crippen LogP) is 2.62. The zero-order valence-corrected chi connectivity index (χ0v) is 14.8. The van der Waals surface area contributed by atoms with Crippen molar-refractivity contribution < 1.29 is 8.42 Å². The molecule has 0 spiro atoms. The minimum Gasteiger partial charge on any atom is -0.332 e. The first kappa shape index (κ1) is 17.9. The van der Waals surface area contributed by atoms with E-state index in [1.165, 1.54) is 26.2 Å². The van der Waals surface area contributed by atoms with Gasteiger partial charge >= 0.3 is 0 Å². The lowest BCUT2D eigenvalue weighted by molar-refractivity contribution is 0.521. The van der Waals surface area contributed by atoms with Crippen LogP contribution in [0.15, 0.2) is 53.4 Å². The molecule has 0 amide bonds. The Hall–Kier alpha value is -2.47. The number of benzene rings is 2. The van der Waals surface area contributed by atoms with Crippen molar-refractivity contribution in [3.63, 3.8) is 0 Å². The number of nitriles is 1. The van der Waals surface area contributed by atoms with Crippen molar-refractivity contribution in [2.75, 3.05) is 24.7 Å². The lowest BCUT2D eigenvalue weighted by Crippen LogP contribution is -2.23. The highest BCUT2D eigenvalue weighted by Crippen LogP contribution is 2.18. The molecule has 0 aliphatic heterocycles. The number of nitrogens with zero attached hydrogens (tertiary/aromatic N) is 2.